The third-order valence-corrected chi connectivity index (χ3v) is 3.48. The summed E-state index contributed by atoms with van der Waals surface area (Å²) in [6.07, 6.45) is 1.60. The number of alkyl halides is 1. The SMILES string of the molecule is CCOc1cccc(CBr)c1OCc1cccnc1C#N. The van der Waals surface area contributed by atoms with Gasteiger partial charge in [0.1, 0.15) is 18.4 Å². The molecule has 2 aromatic rings. The first-order chi connectivity index (χ1) is 10.3. The van der Waals surface area contributed by atoms with Crippen molar-refractivity contribution < 1.29 is 9.47 Å². The summed E-state index contributed by atoms with van der Waals surface area (Å²) in [6.45, 7) is 2.78. The van der Waals surface area contributed by atoms with E-state index in [1.165, 1.54) is 0 Å². The quantitative estimate of drug-likeness (QED) is 0.746. The van der Waals surface area contributed by atoms with Gasteiger partial charge in [0.25, 0.3) is 0 Å². The van der Waals surface area contributed by atoms with Crippen LogP contribution in [0.15, 0.2) is 36.5 Å². The molecule has 0 fully saturated rings. The second kappa shape index (κ2) is 7.65. The predicted molar refractivity (Wildman–Crippen MR) is 83.5 cm³/mol. The summed E-state index contributed by atoms with van der Waals surface area (Å²) in [5, 5.41) is 9.72. The number of pyridine rings is 1. The average Bonchev–Trinajstić information content (AvgIpc) is 2.54. The Morgan fingerprint density at radius 3 is 2.71 bits per heavy atom. The molecule has 4 nitrogen and oxygen atoms in total. The molecule has 0 bridgehead atoms. The van der Waals surface area contributed by atoms with Gasteiger partial charge in [0.15, 0.2) is 11.5 Å². The zero-order valence-electron chi connectivity index (χ0n) is 11.7. The number of nitrogens with zero attached hydrogens (tertiary/aromatic N) is 2. The minimum absolute atomic E-state index is 0.279. The molecule has 0 spiro atoms. The summed E-state index contributed by atoms with van der Waals surface area (Å²) in [5.74, 6) is 1.40. The fourth-order valence-corrected chi connectivity index (χ4v) is 2.35. The molecule has 1 aromatic carbocycles. The first-order valence-corrected chi connectivity index (χ1v) is 7.69. The van der Waals surface area contributed by atoms with Crippen molar-refractivity contribution in [3.8, 4) is 17.6 Å². The van der Waals surface area contributed by atoms with Gasteiger partial charge < -0.3 is 9.47 Å². The zero-order valence-corrected chi connectivity index (χ0v) is 13.3. The fraction of sp³-hybridized carbons (Fsp3) is 0.250. The second-order valence-electron chi connectivity index (χ2n) is 4.22. The Bertz CT molecular complexity index is 653. The van der Waals surface area contributed by atoms with Crippen LogP contribution in [-0.2, 0) is 11.9 Å². The molecule has 0 atom stereocenters. The van der Waals surface area contributed by atoms with Gasteiger partial charge in [0, 0.05) is 22.7 Å². The zero-order chi connectivity index (χ0) is 15.1. The molecular weight excluding hydrogens is 332 g/mol. The van der Waals surface area contributed by atoms with Gasteiger partial charge in [-0.2, -0.15) is 5.26 Å². The smallest absolute Gasteiger partial charge is 0.165 e. The number of para-hydroxylation sites is 1. The highest BCUT2D eigenvalue weighted by molar-refractivity contribution is 9.08. The maximum atomic E-state index is 9.05. The molecule has 2 rings (SSSR count). The van der Waals surface area contributed by atoms with Crippen molar-refractivity contribution in [1.82, 2.24) is 4.98 Å². The monoisotopic (exact) mass is 346 g/mol. The maximum absolute atomic E-state index is 9.05. The van der Waals surface area contributed by atoms with Gasteiger partial charge in [0.05, 0.1) is 6.61 Å². The van der Waals surface area contributed by atoms with E-state index in [1.54, 1.807) is 12.3 Å². The van der Waals surface area contributed by atoms with E-state index in [2.05, 4.69) is 27.0 Å². The van der Waals surface area contributed by atoms with Crippen molar-refractivity contribution >= 4 is 15.9 Å². The van der Waals surface area contributed by atoms with E-state index >= 15 is 0 Å². The lowest BCUT2D eigenvalue weighted by Crippen LogP contribution is -2.04. The predicted octanol–water partition coefficient (Wildman–Crippen LogP) is 3.83. The molecule has 1 heterocycles. The first-order valence-electron chi connectivity index (χ1n) is 6.57. The standard InChI is InChI=1S/C16H15BrN2O2/c1-2-20-15-7-3-5-12(9-17)16(15)21-11-13-6-4-8-19-14(13)10-18/h3-8H,2,9,11H2,1H3. The van der Waals surface area contributed by atoms with Gasteiger partial charge in [-0.1, -0.05) is 34.1 Å². The van der Waals surface area contributed by atoms with Gasteiger partial charge in [-0.05, 0) is 19.1 Å². The number of aromatic nitrogens is 1. The number of halogens is 1. The van der Waals surface area contributed by atoms with E-state index in [4.69, 9.17) is 14.7 Å². The Balaban J connectivity index is 2.25. The topological polar surface area (TPSA) is 55.1 Å². The van der Waals surface area contributed by atoms with Crippen molar-refractivity contribution in [2.24, 2.45) is 0 Å². The largest absolute Gasteiger partial charge is 0.490 e. The van der Waals surface area contributed by atoms with E-state index in [0.717, 1.165) is 11.1 Å². The molecule has 0 aliphatic heterocycles. The highest BCUT2D eigenvalue weighted by Crippen LogP contribution is 2.33. The van der Waals surface area contributed by atoms with Crippen LogP contribution >= 0.6 is 15.9 Å². The van der Waals surface area contributed by atoms with Crippen molar-refractivity contribution in [3.05, 3.63) is 53.3 Å². The molecular formula is C16H15BrN2O2. The number of rotatable bonds is 6. The lowest BCUT2D eigenvalue weighted by atomic mass is 10.2. The van der Waals surface area contributed by atoms with Crippen LogP contribution in [0.1, 0.15) is 23.7 Å². The Hall–Kier alpha value is -2.06. The summed E-state index contributed by atoms with van der Waals surface area (Å²) in [6, 6.07) is 11.5. The maximum Gasteiger partial charge on any atom is 0.165 e. The molecule has 0 aliphatic rings. The van der Waals surface area contributed by atoms with Crippen molar-refractivity contribution in [2.45, 2.75) is 18.9 Å². The lowest BCUT2D eigenvalue weighted by molar-refractivity contribution is 0.267. The Kier molecular flexibility index (Phi) is 5.59. The molecule has 108 valence electrons. The summed E-state index contributed by atoms with van der Waals surface area (Å²) in [4.78, 5) is 4.03. The summed E-state index contributed by atoms with van der Waals surface area (Å²) in [7, 11) is 0. The molecule has 0 unspecified atom stereocenters. The van der Waals surface area contributed by atoms with Gasteiger partial charge in [-0.15, -0.1) is 0 Å². The Labute approximate surface area is 132 Å². The molecule has 0 saturated heterocycles. The van der Waals surface area contributed by atoms with Gasteiger partial charge >= 0.3 is 0 Å². The van der Waals surface area contributed by atoms with E-state index in [0.29, 0.717) is 29.1 Å². The normalized spacial score (nSPS) is 9.95. The van der Waals surface area contributed by atoms with Crippen LogP contribution in [0.4, 0.5) is 0 Å². The number of hydrogen-bond acceptors (Lipinski definition) is 4. The Morgan fingerprint density at radius 1 is 1.19 bits per heavy atom. The van der Waals surface area contributed by atoms with E-state index in [1.807, 2.05) is 31.2 Å². The van der Waals surface area contributed by atoms with Crippen LogP contribution in [0.25, 0.3) is 0 Å². The molecule has 0 radical (unpaired) electrons. The number of nitriles is 1. The highest BCUT2D eigenvalue weighted by Gasteiger charge is 2.12. The highest BCUT2D eigenvalue weighted by atomic mass is 79.9. The van der Waals surface area contributed by atoms with Crippen molar-refractivity contribution in [1.29, 1.82) is 5.26 Å². The van der Waals surface area contributed by atoms with Gasteiger partial charge in [-0.25, -0.2) is 4.98 Å². The lowest BCUT2D eigenvalue weighted by Gasteiger charge is -2.15. The Morgan fingerprint density at radius 2 is 2.00 bits per heavy atom. The van der Waals surface area contributed by atoms with Crippen LogP contribution in [-0.4, -0.2) is 11.6 Å². The average molecular weight is 347 g/mol. The molecule has 5 heteroatoms. The third-order valence-electron chi connectivity index (χ3n) is 2.87. The summed E-state index contributed by atoms with van der Waals surface area (Å²) in [5.41, 5.74) is 2.14. The van der Waals surface area contributed by atoms with E-state index < -0.39 is 0 Å². The van der Waals surface area contributed by atoms with Crippen LogP contribution in [0.3, 0.4) is 0 Å². The second-order valence-corrected chi connectivity index (χ2v) is 4.78. The van der Waals surface area contributed by atoms with Gasteiger partial charge in [-0.3, -0.25) is 0 Å². The minimum Gasteiger partial charge on any atom is -0.490 e. The third kappa shape index (κ3) is 3.73. The van der Waals surface area contributed by atoms with Gasteiger partial charge in [0.2, 0.25) is 0 Å². The number of benzene rings is 1. The summed E-state index contributed by atoms with van der Waals surface area (Å²) < 4.78 is 11.5. The van der Waals surface area contributed by atoms with Crippen LogP contribution in [0.5, 0.6) is 11.5 Å². The van der Waals surface area contributed by atoms with Crippen LogP contribution in [0, 0.1) is 11.3 Å². The molecule has 0 N–H and O–H groups in total. The molecule has 1 aromatic heterocycles. The van der Waals surface area contributed by atoms with Crippen molar-refractivity contribution in [2.75, 3.05) is 6.61 Å². The molecule has 21 heavy (non-hydrogen) atoms. The first kappa shape index (κ1) is 15.3. The van der Waals surface area contributed by atoms with Crippen LogP contribution < -0.4 is 9.47 Å². The number of ether oxygens (including phenoxy) is 2. The van der Waals surface area contributed by atoms with Crippen LogP contribution in [0.2, 0.25) is 0 Å². The number of hydrogen-bond donors (Lipinski definition) is 0. The molecule has 0 amide bonds. The fourth-order valence-electron chi connectivity index (χ4n) is 1.91. The van der Waals surface area contributed by atoms with E-state index in [9.17, 15) is 0 Å². The molecule has 0 aliphatic carbocycles. The van der Waals surface area contributed by atoms with E-state index in [-0.39, 0.29) is 6.61 Å². The minimum atomic E-state index is 0.279. The summed E-state index contributed by atoms with van der Waals surface area (Å²) >= 11 is 3.45. The molecule has 0 saturated carbocycles. The van der Waals surface area contributed by atoms with Crippen molar-refractivity contribution in [3.63, 3.8) is 0 Å².